The highest BCUT2D eigenvalue weighted by molar-refractivity contribution is 7.27. The second-order valence-electron chi connectivity index (χ2n) is 21.3. The summed E-state index contributed by atoms with van der Waals surface area (Å²) in [4.78, 5) is 5.06. The lowest BCUT2D eigenvalue weighted by Crippen LogP contribution is -2.26. The lowest BCUT2D eigenvalue weighted by molar-refractivity contribution is 0.795. The number of hydrogen-bond donors (Lipinski definition) is 0. The van der Waals surface area contributed by atoms with Crippen molar-refractivity contribution < 1.29 is 0 Å². The van der Waals surface area contributed by atoms with E-state index in [1.54, 1.807) is 0 Å². The quantitative estimate of drug-likeness (QED) is 0.150. The maximum Gasteiger partial charge on any atom is 0.0727 e. The lowest BCUT2D eigenvalue weighted by atomic mass is 9.70. The van der Waals surface area contributed by atoms with Crippen LogP contribution in [0, 0.1) is 13.8 Å². The third kappa shape index (κ3) is 6.88. The largest absolute Gasteiger partial charge is 0.309 e. The average Bonchev–Trinajstić information content (AvgIpc) is 1.96. The van der Waals surface area contributed by atoms with Gasteiger partial charge in [-0.05, 0) is 153 Å². The van der Waals surface area contributed by atoms with Crippen molar-refractivity contribution in [1.82, 2.24) is 0 Å². The summed E-state index contributed by atoms with van der Waals surface area (Å²) in [6.07, 6.45) is 0. The minimum absolute atomic E-state index is 0.704. The minimum atomic E-state index is -0.704. The first-order valence-electron chi connectivity index (χ1n) is 27.2. The monoisotopic (exact) mass is 1040 g/mol. The number of hydrogen-bond acceptors (Lipinski definition) is 4. The Balaban J connectivity index is 1.05. The predicted molar refractivity (Wildman–Crippen MR) is 338 cm³/mol. The molecule has 0 bridgehead atoms. The van der Waals surface area contributed by atoms with Gasteiger partial charge in [-0.25, -0.2) is 0 Å². The molecule has 2 heterocycles. The molecule has 0 N–H and O–H groups in total. The Hall–Kier alpha value is -9.32. The van der Waals surface area contributed by atoms with E-state index in [0.717, 1.165) is 22.7 Å². The summed E-state index contributed by atoms with van der Waals surface area (Å²) in [6, 6.07) is 100. The van der Waals surface area contributed by atoms with Crippen molar-refractivity contribution in [2.45, 2.75) is 19.3 Å². The first kappa shape index (κ1) is 45.8. The molecule has 0 atom stereocenters. The molecule has 14 aromatic rings. The second kappa shape index (κ2) is 17.9. The number of nitrogens with zero attached hydrogens (tertiary/aromatic N) is 2. The molecule has 0 amide bonds. The van der Waals surface area contributed by atoms with Gasteiger partial charge >= 0.3 is 0 Å². The number of rotatable bonds is 8. The van der Waals surface area contributed by atoms with E-state index >= 15 is 0 Å². The molecule has 0 saturated carbocycles. The van der Waals surface area contributed by atoms with Gasteiger partial charge in [0, 0.05) is 53.7 Å². The maximum atomic E-state index is 2.62. The van der Waals surface area contributed by atoms with Crippen LogP contribution in [0.3, 0.4) is 0 Å². The number of para-hydroxylation sites is 2. The molecule has 2 aromatic heterocycles. The van der Waals surface area contributed by atoms with Crippen LogP contribution in [-0.2, 0) is 5.41 Å². The molecule has 4 heteroatoms. The predicted octanol–water partition coefficient (Wildman–Crippen LogP) is 21.7. The van der Waals surface area contributed by atoms with Gasteiger partial charge in [-0.2, -0.15) is 0 Å². The van der Waals surface area contributed by atoms with Crippen molar-refractivity contribution in [3.8, 4) is 44.5 Å². The van der Waals surface area contributed by atoms with Crippen molar-refractivity contribution >= 4 is 97.1 Å². The second-order valence-corrected chi connectivity index (χ2v) is 23.4. The van der Waals surface area contributed by atoms with E-state index in [4.69, 9.17) is 0 Å². The first-order valence-corrected chi connectivity index (χ1v) is 28.9. The Morgan fingerprint density at radius 2 is 0.684 bits per heavy atom. The van der Waals surface area contributed by atoms with E-state index in [1.165, 1.54) is 130 Å². The number of benzene rings is 12. The average molecular weight is 1040 g/mol. The molecule has 16 rings (SSSR count). The number of aryl methyl sites for hydroxylation is 2. The van der Waals surface area contributed by atoms with Crippen LogP contribution in [0.1, 0.15) is 33.4 Å². The van der Waals surface area contributed by atoms with Gasteiger partial charge in [0.2, 0.25) is 0 Å². The fourth-order valence-electron chi connectivity index (χ4n) is 13.4. The summed E-state index contributed by atoms with van der Waals surface area (Å²) >= 11 is 3.83. The summed E-state index contributed by atoms with van der Waals surface area (Å²) in [6.45, 7) is 4.34. The van der Waals surface area contributed by atoms with Gasteiger partial charge < -0.3 is 9.80 Å². The van der Waals surface area contributed by atoms with Crippen LogP contribution in [0.5, 0.6) is 0 Å². The Labute approximate surface area is 468 Å². The van der Waals surface area contributed by atoms with Gasteiger partial charge in [-0.1, -0.05) is 205 Å². The van der Waals surface area contributed by atoms with Crippen LogP contribution in [0.15, 0.2) is 267 Å². The Morgan fingerprint density at radius 3 is 1.11 bits per heavy atom. The molecule has 2 nitrogen and oxygen atoms in total. The molecule has 12 aromatic carbocycles. The summed E-state index contributed by atoms with van der Waals surface area (Å²) in [5.41, 5.74) is 23.9. The number of thiophene rings is 2. The van der Waals surface area contributed by atoms with Crippen molar-refractivity contribution in [1.29, 1.82) is 0 Å². The molecular formula is C75H50N2S2. The number of fused-ring (bicyclic) bond motifs is 18. The van der Waals surface area contributed by atoms with Crippen LogP contribution in [-0.4, -0.2) is 0 Å². The van der Waals surface area contributed by atoms with Gasteiger partial charge in [0.15, 0.2) is 0 Å². The molecule has 79 heavy (non-hydrogen) atoms. The molecule has 2 aliphatic carbocycles. The molecule has 0 unspecified atom stereocenters. The third-order valence-electron chi connectivity index (χ3n) is 16.7. The summed E-state index contributed by atoms with van der Waals surface area (Å²) in [5.74, 6) is 0. The standard InChI is InChI=1S/C75H50N2S2/c1-47-19-17-21-51(43-47)49-35-39-55(40-36-49)76(53-23-5-3-6-24-53)65-45-63-71(69-59-29-11-15-33-67(59)78-73(65)69)72-64(75(63)61-31-13-9-27-57(61)58-28-10-14-32-62(58)75)46-66(74-70(72)60-30-12-16-34-68(60)79-74)77(54-25-7-4-8-26-54)56-41-37-50(38-42-56)52-22-18-20-48(2)44-52/h3-46H,1-2H3. The molecule has 372 valence electrons. The van der Waals surface area contributed by atoms with Crippen molar-refractivity contribution in [3.05, 3.63) is 300 Å². The highest BCUT2D eigenvalue weighted by atomic mass is 32.1. The van der Waals surface area contributed by atoms with E-state index in [9.17, 15) is 0 Å². The zero-order valence-electron chi connectivity index (χ0n) is 43.6. The Bertz CT molecular complexity index is 4440. The lowest BCUT2D eigenvalue weighted by Gasteiger charge is -2.33. The van der Waals surface area contributed by atoms with Crippen molar-refractivity contribution in [3.63, 3.8) is 0 Å². The Kier molecular flexibility index (Phi) is 10.4. The van der Waals surface area contributed by atoms with Crippen LogP contribution in [0.4, 0.5) is 34.1 Å². The maximum absolute atomic E-state index is 2.62. The Morgan fingerprint density at radius 1 is 0.304 bits per heavy atom. The van der Waals surface area contributed by atoms with Gasteiger partial charge in [0.1, 0.15) is 0 Å². The molecule has 0 radical (unpaired) electrons. The topological polar surface area (TPSA) is 6.48 Å². The highest BCUT2D eigenvalue weighted by Gasteiger charge is 2.54. The minimum Gasteiger partial charge on any atom is -0.309 e. The molecule has 0 fully saturated rings. The van der Waals surface area contributed by atoms with Gasteiger partial charge in [-0.3, -0.25) is 0 Å². The summed E-state index contributed by atoms with van der Waals surface area (Å²) < 4.78 is 5.09. The SMILES string of the molecule is Cc1cccc(-c2ccc(N(c3ccccc3)c3cc4c(c5c3sc3ccccc35)-c3c(cc(N(c5ccccc5)c5ccc(-c6cccc(C)c6)cc5)c5sc6ccccc6c35)C43c4ccccc4-c4ccccc43)cc2)c1. The highest BCUT2D eigenvalue weighted by Crippen LogP contribution is 2.69. The van der Waals surface area contributed by atoms with Crippen molar-refractivity contribution in [2.75, 3.05) is 9.80 Å². The van der Waals surface area contributed by atoms with E-state index in [0.29, 0.717) is 0 Å². The molecule has 0 aliphatic heterocycles. The molecule has 2 aliphatic rings. The zero-order chi connectivity index (χ0) is 52.3. The van der Waals surface area contributed by atoms with Crippen molar-refractivity contribution in [2.24, 2.45) is 0 Å². The van der Waals surface area contributed by atoms with Crippen LogP contribution in [0.25, 0.3) is 84.9 Å². The van der Waals surface area contributed by atoms with E-state index in [-0.39, 0.29) is 0 Å². The normalized spacial score (nSPS) is 12.8. The third-order valence-corrected chi connectivity index (χ3v) is 19.1. The summed E-state index contributed by atoms with van der Waals surface area (Å²) in [7, 11) is 0. The van der Waals surface area contributed by atoms with E-state index in [2.05, 4.69) is 291 Å². The first-order chi connectivity index (χ1) is 39.0. The van der Waals surface area contributed by atoms with Gasteiger partial charge in [0.05, 0.1) is 26.2 Å². The van der Waals surface area contributed by atoms with Crippen LogP contribution < -0.4 is 9.80 Å². The summed E-state index contributed by atoms with van der Waals surface area (Å²) in [5, 5.41) is 5.17. The smallest absolute Gasteiger partial charge is 0.0727 e. The van der Waals surface area contributed by atoms with Gasteiger partial charge in [-0.15, -0.1) is 22.7 Å². The van der Waals surface area contributed by atoms with Crippen LogP contribution >= 0.6 is 22.7 Å². The van der Waals surface area contributed by atoms with E-state index < -0.39 is 5.41 Å². The molecule has 0 saturated heterocycles. The van der Waals surface area contributed by atoms with Gasteiger partial charge in [0.25, 0.3) is 0 Å². The fraction of sp³-hybridized carbons (Fsp3) is 0.0400. The molecule has 1 spiro atoms. The molecular weight excluding hydrogens is 993 g/mol. The number of anilines is 6. The van der Waals surface area contributed by atoms with E-state index in [1.807, 2.05) is 22.7 Å². The fourth-order valence-corrected chi connectivity index (χ4v) is 15.9. The van der Waals surface area contributed by atoms with Crippen LogP contribution in [0.2, 0.25) is 0 Å². The zero-order valence-corrected chi connectivity index (χ0v) is 45.2.